The first kappa shape index (κ1) is 13.2. The van der Waals surface area contributed by atoms with Gasteiger partial charge in [0.05, 0.1) is 5.56 Å². The normalized spacial score (nSPS) is 11.8. The summed E-state index contributed by atoms with van der Waals surface area (Å²) >= 11 is 1.32. The van der Waals surface area contributed by atoms with Crippen molar-refractivity contribution in [2.75, 3.05) is 0 Å². The van der Waals surface area contributed by atoms with Crippen molar-refractivity contribution in [1.82, 2.24) is 5.32 Å². The van der Waals surface area contributed by atoms with Gasteiger partial charge in [-0.25, -0.2) is 4.79 Å². The molecule has 17 heavy (non-hydrogen) atoms. The summed E-state index contributed by atoms with van der Waals surface area (Å²) in [4.78, 5) is 32.7. The van der Waals surface area contributed by atoms with Crippen LogP contribution in [0.2, 0.25) is 0 Å². The largest absolute Gasteiger partial charge is 0.481 e. The van der Waals surface area contributed by atoms with Gasteiger partial charge in [-0.05, 0) is 17.9 Å². The molecular formula is C10H11NO5S. The first-order valence-electron chi connectivity index (χ1n) is 4.78. The van der Waals surface area contributed by atoms with E-state index in [4.69, 9.17) is 10.2 Å². The van der Waals surface area contributed by atoms with Gasteiger partial charge in [0.15, 0.2) is 0 Å². The van der Waals surface area contributed by atoms with Crippen LogP contribution in [0.25, 0.3) is 0 Å². The number of nitrogens with one attached hydrogen (secondary N) is 1. The third-order valence-electron chi connectivity index (χ3n) is 2.03. The second-order valence-corrected chi connectivity index (χ2v) is 4.09. The van der Waals surface area contributed by atoms with E-state index in [0.29, 0.717) is 5.56 Å². The summed E-state index contributed by atoms with van der Waals surface area (Å²) in [5, 5.41) is 22.8. The van der Waals surface area contributed by atoms with Crippen LogP contribution in [0.3, 0.4) is 0 Å². The van der Waals surface area contributed by atoms with Gasteiger partial charge in [-0.15, -0.1) is 0 Å². The molecule has 6 nitrogen and oxygen atoms in total. The molecule has 0 aliphatic rings. The quantitative estimate of drug-likeness (QED) is 0.699. The van der Waals surface area contributed by atoms with Gasteiger partial charge in [-0.1, -0.05) is 0 Å². The minimum atomic E-state index is -1.24. The Bertz CT molecular complexity index is 414. The highest BCUT2D eigenvalue weighted by molar-refractivity contribution is 7.08. The topological polar surface area (TPSA) is 104 Å². The molecular weight excluding hydrogens is 246 g/mol. The Morgan fingerprint density at radius 3 is 2.53 bits per heavy atom. The molecule has 1 atom stereocenters. The summed E-state index contributed by atoms with van der Waals surface area (Å²) in [5.74, 6) is -2.85. The number of rotatable bonds is 6. The van der Waals surface area contributed by atoms with Crippen molar-refractivity contribution in [3.05, 3.63) is 22.4 Å². The molecule has 0 aliphatic heterocycles. The Morgan fingerprint density at radius 2 is 2.06 bits per heavy atom. The van der Waals surface area contributed by atoms with Gasteiger partial charge in [0.25, 0.3) is 5.91 Å². The van der Waals surface area contributed by atoms with Gasteiger partial charge in [0, 0.05) is 11.8 Å². The monoisotopic (exact) mass is 257 g/mol. The molecule has 3 N–H and O–H groups in total. The van der Waals surface area contributed by atoms with Gasteiger partial charge < -0.3 is 15.5 Å². The third-order valence-corrected chi connectivity index (χ3v) is 2.72. The molecule has 1 amide bonds. The molecule has 7 heteroatoms. The highest BCUT2D eigenvalue weighted by atomic mass is 32.1. The maximum Gasteiger partial charge on any atom is 0.326 e. The first-order chi connectivity index (χ1) is 8.00. The lowest BCUT2D eigenvalue weighted by Crippen LogP contribution is -2.40. The second kappa shape index (κ2) is 6.00. The summed E-state index contributed by atoms with van der Waals surface area (Å²) < 4.78 is 0. The number of aliphatic carboxylic acids is 2. The van der Waals surface area contributed by atoms with Gasteiger partial charge in [0.1, 0.15) is 6.04 Å². The number of thiophene rings is 1. The van der Waals surface area contributed by atoms with Crippen LogP contribution < -0.4 is 5.32 Å². The smallest absolute Gasteiger partial charge is 0.326 e. The minimum Gasteiger partial charge on any atom is -0.481 e. The average Bonchev–Trinajstić information content (AvgIpc) is 2.76. The average molecular weight is 257 g/mol. The van der Waals surface area contributed by atoms with E-state index in [0.717, 1.165) is 0 Å². The molecule has 1 rings (SSSR count). The predicted octanol–water partition coefficient (Wildman–Crippen LogP) is 0.796. The summed E-state index contributed by atoms with van der Waals surface area (Å²) in [6.45, 7) is 0. The van der Waals surface area contributed by atoms with Gasteiger partial charge in [-0.2, -0.15) is 11.3 Å². The number of carboxylic acid groups (broad SMARTS) is 2. The fourth-order valence-electron chi connectivity index (χ4n) is 1.16. The standard InChI is InChI=1S/C10H11NO5S/c12-8(13)2-1-7(10(15)16)11-9(14)6-3-4-17-5-6/h3-5,7H,1-2H2,(H,11,14)(H,12,13)(H,15,16)/t7-/m0/s1. The number of carboxylic acids is 2. The Labute approximate surface area is 101 Å². The number of hydrogen-bond acceptors (Lipinski definition) is 4. The SMILES string of the molecule is O=C(O)CC[C@H](NC(=O)c1ccsc1)C(=O)O. The molecule has 92 valence electrons. The van der Waals surface area contributed by atoms with Crippen LogP contribution in [0.1, 0.15) is 23.2 Å². The predicted molar refractivity (Wildman–Crippen MR) is 60.1 cm³/mol. The van der Waals surface area contributed by atoms with Crippen LogP contribution in [-0.2, 0) is 9.59 Å². The lowest BCUT2D eigenvalue weighted by atomic mass is 10.1. The molecule has 0 fully saturated rings. The van der Waals surface area contributed by atoms with E-state index in [1.165, 1.54) is 11.3 Å². The van der Waals surface area contributed by atoms with E-state index < -0.39 is 23.9 Å². The van der Waals surface area contributed by atoms with Crippen LogP contribution >= 0.6 is 11.3 Å². The van der Waals surface area contributed by atoms with Crippen molar-refractivity contribution in [2.45, 2.75) is 18.9 Å². The molecule has 0 radical (unpaired) electrons. The lowest BCUT2D eigenvalue weighted by molar-refractivity contribution is -0.140. The van der Waals surface area contributed by atoms with Crippen LogP contribution in [0.4, 0.5) is 0 Å². The summed E-state index contributed by atoms with van der Waals surface area (Å²) in [5.41, 5.74) is 0.372. The zero-order valence-electron chi connectivity index (χ0n) is 8.75. The first-order valence-corrected chi connectivity index (χ1v) is 5.72. The van der Waals surface area contributed by atoms with Crippen LogP contribution in [0, 0.1) is 0 Å². The van der Waals surface area contributed by atoms with Gasteiger partial charge in [0.2, 0.25) is 0 Å². The zero-order chi connectivity index (χ0) is 12.8. The van der Waals surface area contributed by atoms with Gasteiger partial charge in [-0.3, -0.25) is 9.59 Å². The fraction of sp³-hybridized carbons (Fsp3) is 0.300. The van der Waals surface area contributed by atoms with E-state index in [-0.39, 0.29) is 12.8 Å². The van der Waals surface area contributed by atoms with Crippen molar-refractivity contribution in [3.8, 4) is 0 Å². The molecule has 0 bridgehead atoms. The summed E-state index contributed by atoms with van der Waals surface area (Å²) in [6, 6.07) is 0.384. The molecule has 1 aromatic rings. The van der Waals surface area contributed by atoms with Crippen molar-refractivity contribution in [2.24, 2.45) is 0 Å². The molecule has 0 unspecified atom stereocenters. The van der Waals surface area contributed by atoms with Crippen molar-refractivity contribution in [1.29, 1.82) is 0 Å². The highest BCUT2D eigenvalue weighted by Gasteiger charge is 2.21. The number of carbonyl (C=O) groups excluding carboxylic acids is 1. The molecule has 1 heterocycles. The summed E-state index contributed by atoms with van der Waals surface area (Å²) in [6.07, 6.45) is -0.443. The Balaban J connectivity index is 2.58. The fourth-order valence-corrected chi connectivity index (χ4v) is 1.80. The number of amides is 1. The van der Waals surface area contributed by atoms with Crippen LogP contribution in [0.5, 0.6) is 0 Å². The van der Waals surface area contributed by atoms with Crippen molar-refractivity contribution < 1.29 is 24.6 Å². The van der Waals surface area contributed by atoms with E-state index in [1.54, 1.807) is 16.8 Å². The molecule has 0 aromatic carbocycles. The second-order valence-electron chi connectivity index (χ2n) is 3.31. The van der Waals surface area contributed by atoms with Crippen LogP contribution in [0.15, 0.2) is 16.8 Å². The molecule has 0 aliphatic carbocycles. The molecule has 0 spiro atoms. The number of carbonyl (C=O) groups is 3. The van der Waals surface area contributed by atoms with Crippen molar-refractivity contribution in [3.63, 3.8) is 0 Å². The molecule has 0 saturated carbocycles. The zero-order valence-corrected chi connectivity index (χ0v) is 9.57. The van der Waals surface area contributed by atoms with Gasteiger partial charge >= 0.3 is 11.9 Å². The Hall–Kier alpha value is -1.89. The highest BCUT2D eigenvalue weighted by Crippen LogP contribution is 2.07. The maximum absolute atomic E-state index is 11.6. The number of hydrogen-bond donors (Lipinski definition) is 3. The minimum absolute atomic E-state index is 0.138. The Morgan fingerprint density at radius 1 is 1.35 bits per heavy atom. The molecule has 1 aromatic heterocycles. The molecule has 0 saturated heterocycles. The van der Waals surface area contributed by atoms with Crippen molar-refractivity contribution >= 4 is 29.2 Å². The Kier molecular flexibility index (Phi) is 4.65. The van der Waals surface area contributed by atoms with E-state index in [1.807, 2.05) is 0 Å². The van der Waals surface area contributed by atoms with Crippen LogP contribution in [-0.4, -0.2) is 34.1 Å². The lowest BCUT2D eigenvalue weighted by Gasteiger charge is -2.12. The third kappa shape index (κ3) is 4.23. The van der Waals surface area contributed by atoms with E-state index in [2.05, 4.69) is 5.32 Å². The summed E-state index contributed by atoms with van der Waals surface area (Å²) in [7, 11) is 0. The van der Waals surface area contributed by atoms with E-state index >= 15 is 0 Å². The maximum atomic E-state index is 11.6. The van der Waals surface area contributed by atoms with E-state index in [9.17, 15) is 14.4 Å².